The van der Waals surface area contributed by atoms with Crippen molar-refractivity contribution >= 4 is 26.4 Å². The van der Waals surface area contributed by atoms with Gasteiger partial charge >= 0.3 is 0 Å². The van der Waals surface area contributed by atoms with Gasteiger partial charge in [-0.3, -0.25) is 9.88 Å². The van der Waals surface area contributed by atoms with Crippen LogP contribution in [0.4, 0.5) is 5.69 Å². The van der Waals surface area contributed by atoms with Crippen molar-refractivity contribution in [2.75, 3.05) is 42.6 Å². The first-order valence-corrected chi connectivity index (χ1v) is 10.4. The second-order valence-electron chi connectivity index (χ2n) is 6.93. The molecule has 1 aromatic carbocycles. The molecule has 0 saturated carbocycles. The Bertz CT molecular complexity index is 858. The van der Waals surface area contributed by atoms with Gasteiger partial charge in [0.15, 0.2) is 9.84 Å². The van der Waals surface area contributed by atoms with Crippen LogP contribution in [0.2, 0.25) is 0 Å². The average molecular weight is 345 g/mol. The van der Waals surface area contributed by atoms with Gasteiger partial charge in [0.25, 0.3) is 0 Å². The molecule has 1 aromatic heterocycles. The van der Waals surface area contributed by atoms with Crippen molar-refractivity contribution in [3.63, 3.8) is 0 Å². The number of fused-ring (bicyclic) bond motifs is 1. The minimum Gasteiger partial charge on any atom is -0.368 e. The molecule has 2 aliphatic rings. The summed E-state index contributed by atoms with van der Waals surface area (Å²) in [5.41, 5.74) is 3.51. The molecule has 1 atom stereocenters. The van der Waals surface area contributed by atoms with Crippen molar-refractivity contribution in [2.24, 2.45) is 0 Å². The molecule has 0 N–H and O–H groups in total. The molecule has 0 amide bonds. The number of aromatic nitrogens is 1. The number of piperazine rings is 1. The van der Waals surface area contributed by atoms with Crippen molar-refractivity contribution in [1.82, 2.24) is 9.88 Å². The normalized spacial score (nSPS) is 24.5. The maximum absolute atomic E-state index is 11.7. The average Bonchev–Trinajstić information content (AvgIpc) is 2.94. The van der Waals surface area contributed by atoms with Crippen LogP contribution in [0.3, 0.4) is 0 Å². The number of pyridine rings is 1. The molecule has 2 fully saturated rings. The lowest BCUT2D eigenvalue weighted by atomic mass is 10.1. The zero-order chi connectivity index (χ0) is 16.7. The largest absolute Gasteiger partial charge is 0.368 e. The lowest BCUT2D eigenvalue weighted by Crippen LogP contribution is -2.50. The number of aryl methyl sites for hydroxylation is 1. The lowest BCUT2D eigenvalue weighted by Gasteiger charge is -2.39. The van der Waals surface area contributed by atoms with E-state index in [1.807, 2.05) is 6.20 Å². The first-order chi connectivity index (χ1) is 11.5. The Labute approximate surface area is 143 Å². The Balaban J connectivity index is 1.51. The summed E-state index contributed by atoms with van der Waals surface area (Å²) in [4.78, 5) is 9.23. The SMILES string of the molecule is Cc1ccc2nccc(N3CCN(C4CCS(=O)(=O)C4)CC3)c2c1. The molecule has 0 aliphatic carbocycles. The number of sulfone groups is 1. The standard InChI is InChI=1S/C18H23N3O2S/c1-14-2-3-17-16(12-14)18(4-6-19-17)21-9-7-20(8-10-21)15-5-11-24(22,23)13-15/h2-4,6,12,15H,5,7-11,13H2,1H3. The molecule has 0 radical (unpaired) electrons. The molecule has 4 rings (SSSR count). The van der Waals surface area contributed by atoms with Gasteiger partial charge in [0.2, 0.25) is 0 Å². The molecule has 0 spiro atoms. The van der Waals surface area contributed by atoms with Gasteiger partial charge in [-0.15, -0.1) is 0 Å². The molecular weight excluding hydrogens is 322 g/mol. The van der Waals surface area contributed by atoms with E-state index in [1.54, 1.807) is 0 Å². The molecular formula is C18H23N3O2S. The van der Waals surface area contributed by atoms with Gasteiger partial charge in [0.1, 0.15) is 0 Å². The molecule has 128 valence electrons. The first-order valence-electron chi connectivity index (χ1n) is 8.57. The Morgan fingerprint density at radius 1 is 1.12 bits per heavy atom. The fourth-order valence-corrected chi connectivity index (χ4v) is 5.67. The second-order valence-corrected chi connectivity index (χ2v) is 9.16. The van der Waals surface area contributed by atoms with Crippen LogP contribution in [-0.4, -0.2) is 62.0 Å². The van der Waals surface area contributed by atoms with Crippen LogP contribution in [0.15, 0.2) is 30.5 Å². The summed E-state index contributed by atoms with van der Waals surface area (Å²) < 4.78 is 23.4. The van der Waals surface area contributed by atoms with Gasteiger partial charge in [-0.05, 0) is 31.5 Å². The summed E-state index contributed by atoms with van der Waals surface area (Å²) in [6.45, 7) is 5.83. The van der Waals surface area contributed by atoms with Gasteiger partial charge in [0, 0.05) is 49.5 Å². The second kappa shape index (κ2) is 6.01. The van der Waals surface area contributed by atoms with Gasteiger partial charge in [0.05, 0.1) is 17.0 Å². The van der Waals surface area contributed by atoms with Crippen LogP contribution in [0.5, 0.6) is 0 Å². The predicted molar refractivity (Wildman–Crippen MR) is 97.3 cm³/mol. The van der Waals surface area contributed by atoms with Crippen molar-refractivity contribution in [3.05, 3.63) is 36.0 Å². The van der Waals surface area contributed by atoms with E-state index in [1.165, 1.54) is 16.6 Å². The minimum absolute atomic E-state index is 0.216. The Morgan fingerprint density at radius 2 is 1.92 bits per heavy atom. The summed E-state index contributed by atoms with van der Waals surface area (Å²) in [5, 5.41) is 1.20. The molecule has 0 bridgehead atoms. The highest BCUT2D eigenvalue weighted by atomic mass is 32.2. The third-order valence-corrected chi connectivity index (χ3v) is 7.00. The monoisotopic (exact) mass is 345 g/mol. The quantitative estimate of drug-likeness (QED) is 0.831. The van der Waals surface area contributed by atoms with Crippen LogP contribution in [0, 0.1) is 6.92 Å². The summed E-state index contributed by atoms with van der Waals surface area (Å²) >= 11 is 0. The first kappa shape index (κ1) is 15.8. The topological polar surface area (TPSA) is 53.5 Å². The van der Waals surface area contributed by atoms with E-state index in [0.717, 1.165) is 38.1 Å². The van der Waals surface area contributed by atoms with Crippen molar-refractivity contribution in [2.45, 2.75) is 19.4 Å². The van der Waals surface area contributed by atoms with Crippen LogP contribution >= 0.6 is 0 Å². The minimum atomic E-state index is -2.81. The van der Waals surface area contributed by atoms with E-state index in [0.29, 0.717) is 11.5 Å². The third-order valence-electron chi connectivity index (χ3n) is 5.25. The van der Waals surface area contributed by atoms with Crippen molar-refractivity contribution in [3.8, 4) is 0 Å². The maximum atomic E-state index is 11.7. The third kappa shape index (κ3) is 3.00. The highest BCUT2D eigenvalue weighted by Gasteiger charge is 2.33. The highest BCUT2D eigenvalue weighted by Crippen LogP contribution is 2.28. The number of benzene rings is 1. The highest BCUT2D eigenvalue weighted by molar-refractivity contribution is 7.91. The number of rotatable bonds is 2. The van der Waals surface area contributed by atoms with Crippen molar-refractivity contribution in [1.29, 1.82) is 0 Å². The zero-order valence-corrected chi connectivity index (χ0v) is 14.8. The molecule has 24 heavy (non-hydrogen) atoms. The van der Waals surface area contributed by atoms with E-state index in [2.05, 4.69) is 46.0 Å². The molecule has 5 nitrogen and oxygen atoms in total. The van der Waals surface area contributed by atoms with Crippen LogP contribution in [0.25, 0.3) is 10.9 Å². The molecule has 6 heteroatoms. The summed E-state index contributed by atoms with van der Waals surface area (Å²) in [7, 11) is -2.81. The van der Waals surface area contributed by atoms with Crippen LogP contribution in [0.1, 0.15) is 12.0 Å². The van der Waals surface area contributed by atoms with E-state index in [-0.39, 0.29) is 6.04 Å². The number of nitrogens with zero attached hydrogens (tertiary/aromatic N) is 3. The van der Waals surface area contributed by atoms with E-state index < -0.39 is 9.84 Å². The summed E-state index contributed by atoms with van der Waals surface area (Å²) in [6.07, 6.45) is 2.67. The van der Waals surface area contributed by atoms with E-state index >= 15 is 0 Å². The number of hydrogen-bond acceptors (Lipinski definition) is 5. The Hall–Kier alpha value is -1.66. The van der Waals surface area contributed by atoms with Crippen molar-refractivity contribution < 1.29 is 8.42 Å². The molecule has 2 aliphatic heterocycles. The van der Waals surface area contributed by atoms with Gasteiger partial charge in [-0.2, -0.15) is 0 Å². The fraction of sp³-hybridized carbons (Fsp3) is 0.500. The fourth-order valence-electron chi connectivity index (χ4n) is 3.91. The summed E-state index contributed by atoms with van der Waals surface area (Å²) in [6, 6.07) is 8.68. The van der Waals surface area contributed by atoms with E-state index in [4.69, 9.17) is 0 Å². The van der Waals surface area contributed by atoms with Gasteiger partial charge in [-0.25, -0.2) is 8.42 Å². The maximum Gasteiger partial charge on any atom is 0.151 e. The van der Waals surface area contributed by atoms with E-state index in [9.17, 15) is 8.42 Å². The smallest absolute Gasteiger partial charge is 0.151 e. The number of hydrogen-bond donors (Lipinski definition) is 0. The Morgan fingerprint density at radius 3 is 2.62 bits per heavy atom. The molecule has 2 aromatic rings. The van der Waals surface area contributed by atoms with Crippen LogP contribution < -0.4 is 4.90 Å². The molecule has 2 saturated heterocycles. The molecule has 1 unspecified atom stereocenters. The Kier molecular flexibility index (Phi) is 3.96. The number of anilines is 1. The van der Waals surface area contributed by atoms with Gasteiger partial charge in [-0.1, -0.05) is 11.6 Å². The lowest BCUT2D eigenvalue weighted by molar-refractivity contribution is 0.200. The summed E-state index contributed by atoms with van der Waals surface area (Å²) in [5.74, 6) is 0.691. The zero-order valence-electron chi connectivity index (χ0n) is 14.0. The predicted octanol–water partition coefficient (Wildman–Crippen LogP) is 1.85. The molecule has 3 heterocycles. The van der Waals surface area contributed by atoms with Crippen LogP contribution in [-0.2, 0) is 9.84 Å². The van der Waals surface area contributed by atoms with Gasteiger partial charge < -0.3 is 4.90 Å².